The molecule has 27 heavy (non-hydrogen) atoms. The largest absolute Gasteiger partial charge is 0.353 e. The molecule has 0 aliphatic carbocycles. The van der Waals surface area contributed by atoms with E-state index in [1.807, 2.05) is 30.3 Å². The monoisotopic (exact) mass is 380 g/mol. The van der Waals surface area contributed by atoms with E-state index in [4.69, 9.17) is 0 Å². The third-order valence-electron chi connectivity index (χ3n) is 5.13. The number of anilines is 1. The van der Waals surface area contributed by atoms with Gasteiger partial charge in [-0.3, -0.25) is 4.90 Å². The maximum Gasteiger partial charge on any atom is 0.141 e. The highest BCUT2D eigenvalue weighted by atomic mass is 32.1. The Morgan fingerprint density at radius 3 is 2.63 bits per heavy atom. The number of carbonyl (C=O) groups excluding carboxylic acids is 1. The molecule has 3 aromatic rings. The molecule has 0 N–H and O–H groups in total. The van der Waals surface area contributed by atoms with E-state index in [-0.39, 0.29) is 6.04 Å². The molecule has 1 aliphatic heterocycles. The molecule has 6 heteroatoms. The lowest BCUT2D eigenvalue weighted by Crippen LogP contribution is -2.48. The molecule has 1 aliphatic rings. The van der Waals surface area contributed by atoms with Crippen LogP contribution < -0.4 is 4.90 Å². The standard InChI is InChI=1S/C21H24N4OS/c1-2-6-17-13-18-20(22-15-23-21(18)27-17)25-11-9-24(10-12-25)19(14-26)16-7-4-3-5-8-16/h3-5,7-8,13-15,19H,2,6,9-12H2,1H3. The molecule has 1 unspecified atom stereocenters. The van der Waals surface area contributed by atoms with Gasteiger partial charge in [-0.15, -0.1) is 11.3 Å². The summed E-state index contributed by atoms with van der Waals surface area (Å²) < 4.78 is 0. The number of aldehydes is 1. The number of benzene rings is 1. The van der Waals surface area contributed by atoms with E-state index >= 15 is 0 Å². The van der Waals surface area contributed by atoms with Crippen LogP contribution in [0.25, 0.3) is 10.2 Å². The van der Waals surface area contributed by atoms with Crippen molar-refractivity contribution < 1.29 is 4.79 Å². The lowest BCUT2D eigenvalue weighted by atomic mass is 10.1. The third-order valence-corrected chi connectivity index (χ3v) is 6.24. The van der Waals surface area contributed by atoms with E-state index in [1.165, 1.54) is 4.88 Å². The Morgan fingerprint density at radius 2 is 1.93 bits per heavy atom. The van der Waals surface area contributed by atoms with Crippen LogP contribution in [0.2, 0.25) is 0 Å². The Balaban J connectivity index is 1.51. The van der Waals surface area contributed by atoms with Crippen LogP contribution in [0, 0.1) is 0 Å². The molecular weight excluding hydrogens is 356 g/mol. The van der Waals surface area contributed by atoms with Crippen LogP contribution in [0.1, 0.15) is 29.8 Å². The van der Waals surface area contributed by atoms with Gasteiger partial charge in [-0.1, -0.05) is 43.7 Å². The highest BCUT2D eigenvalue weighted by Gasteiger charge is 2.26. The van der Waals surface area contributed by atoms with Gasteiger partial charge in [-0.25, -0.2) is 9.97 Å². The number of nitrogens with zero attached hydrogens (tertiary/aromatic N) is 4. The van der Waals surface area contributed by atoms with Gasteiger partial charge in [-0.2, -0.15) is 0 Å². The zero-order valence-electron chi connectivity index (χ0n) is 15.5. The summed E-state index contributed by atoms with van der Waals surface area (Å²) in [6, 6.07) is 12.1. The minimum Gasteiger partial charge on any atom is -0.353 e. The molecule has 4 rings (SSSR count). The lowest BCUT2D eigenvalue weighted by Gasteiger charge is -2.38. The molecule has 3 heterocycles. The average molecular weight is 381 g/mol. The first kappa shape index (κ1) is 18.1. The molecule has 1 atom stereocenters. The number of aryl methyl sites for hydroxylation is 1. The maximum absolute atomic E-state index is 11.7. The Hall–Kier alpha value is -2.31. The Kier molecular flexibility index (Phi) is 5.45. The highest BCUT2D eigenvalue weighted by Crippen LogP contribution is 2.32. The second-order valence-corrected chi connectivity index (χ2v) is 8.01. The number of fused-ring (bicyclic) bond motifs is 1. The van der Waals surface area contributed by atoms with Crippen molar-refractivity contribution in [3.8, 4) is 0 Å². The van der Waals surface area contributed by atoms with Crippen molar-refractivity contribution in [2.24, 2.45) is 0 Å². The number of carbonyl (C=O) groups is 1. The van der Waals surface area contributed by atoms with Crippen LogP contribution in [0.3, 0.4) is 0 Å². The van der Waals surface area contributed by atoms with E-state index < -0.39 is 0 Å². The van der Waals surface area contributed by atoms with Gasteiger partial charge in [-0.05, 0) is 18.1 Å². The Bertz CT molecular complexity index is 903. The van der Waals surface area contributed by atoms with Crippen LogP contribution in [-0.4, -0.2) is 47.3 Å². The van der Waals surface area contributed by atoms with Gasteiger partial charge < -0.3 is 9.69 Å². The molecule has 0 saturated carbocycles. The fourth-order valence-corrected chi connectivity index (χ4v) is 4.84. The van der Waals surface area contributed by atoms with Crippen molar-refractivity contribution >= 4 is 33.7 Å². The first-order chi connectivity index (χ1) is 13.3. The van der Waals surface area contributed by atoms with Crippen LogP contribution in [0.15, 0.2) is 42.7 Å². The molecule has 5 nitrogen and oxygen atoms in total. The molecule has 140 valence electrons. The number of thiophene rings is 1. The SMILES string of the molecule is CCCc1cc2c(N3CCN(C(C=O)c4ccccc4)CC3)ncnc2s1. The van der Waals surface area contributed by atoms with E-state index in [0.29, 0.717) is 0 Å². The predicted molar refractivity (Wildman–Crippen MR) is 110 cm³/mol. The summed E-state index contributed by atoms with van der Waals surface area (Å²) in [6.45, 7) is 5.61. The predicted octanol–water partition coefficient (Wildman–Crippen LogP) is 3.71. The quantitative estimate of drug-likeness (QED) is 0.610. The fourth-order valence-electron chi connectivity index (χ4n) is 3.75. The smallest absolute Gasteiger partial charge is 0.141 e. The first-order valence-corrected chi connectivity index (χ1v) is 10.3. The van der Waals surface area contributed by atoms with Gasteiger partial charge in [0.2, 0.25) is 0 Å². The van der Waals surface area contributed by atoms with Crippen molar-refractivity contribution in [2.75, 3.05) is 31.1 Å². The summed E-state index contributed by atoms with van der Waals surface area (Å²) in [4.78, 5) is 27.8. The van der Waals surface area contributed by atoms with Gasteiger partial charge >= 0.3 is 0 Å². The second kappa shape index (κ2) is 8.15. The Morgan fingerprint density at radius 1 is 1.15 bits per heavy atom. The van der Waals surface area contributed by atoms with E-state index in [1.54, 1.807) is 17.7 Å². The third kappa shape index (κ3) is 3.73. The molecule has 1 fully saturated rings. The molecule has 0 amide bonds. The highest BCUT2D eigenvalue weighted by molar-refractivity contribution is 7.18. The minimum atomic E-state index is -0.170. The van der Waals surface area contributed by atoms with Crippen molar-refractivity contribution in [3.05, 3.63) is 53.2 Å². The number of hydrogen-bond donors (Lipinski definition) is 0. The van der Waals surface area contributed by atoms with E-state index in [2.05, 4.69) is 32.8 Å². The molecule has 2 aromatic heterocycles. The maximum atomic E-state index is 11.7. The molecule has 0 spiro atoms. The molecular formula is C21H24N4OS. The molecule has 0 radical (unpaired) electrons. The summed E-state index contributed by atoms with van der Waals surface area (Å²) in [5, 5.41) is 1.16. The van der Waals surface area contributed by atoms with Crippen LogP contribution in [0.4, 0.5) is 5.82 Å². The average Bonchev–Trinajstić information content (AvgIpc) is 3.13. The summed E-state index contributed by atoms with van der Waals surface area (Å²) in [5.74, 6) is 1.03. The number of hydrogen-bond acceptors (Lipinski definition) is 6. The number of piperazine rings is 1. The van der Waals surface area contributed by atoms with Gasteiger partial charge in [0.05, 0.1) is 11.4 Å². The van der Waals surface area contributed by atoms with Crippen molar-refractivity contribution in [1.29, 1.82) is 0 Å². The van der Waals surface area contributed by atoms with Gasteiger partial charge in [0, 0.05) is 31.1 Å². The van der Waals surface area contributed by atoms with Gasteiger partial charge in [0.25, 0.3) is 0 Å². The van der Waals surface area contributed by atoms with Crippen LogP contribution in [-0.2, 0) is 11.2 Å². The normalized spacial score (nSPS) is 16.6. The van der Waals surface area contributed by atoms with E-state index in [9.17, 15) is 4.79 Å². The molecule has 1 saturated heterocycles. The number of aromatic nitrogens is 2. The van der Waals surface area contributed by atoms with E-state index in [0.717, 1.165) is 66.9 Å². The zero-order chi connectivity index (χ0) is 18.6. The topological polar surface area (TPSA) is 49.3 Å². The summed E-state index contributed by atoms with van der Waals surface area (Å²) in [6.07, 6.45) is 4.96. The minimum absolute atomic E-state index is 0.170. The van der Waals surface area contributed by atoms with Gasteiger partial charge in [0.15, 0.2) is 0 Å². The molecule has 0 bridgehead atoms. The van der Waals surface area contributed by atoms with Crippen LogP contribution in [0.5, 0.6) is 0 Å². The van der Waals surface area contributed by atoms with Crippen molar-refractivity contribution in [3.63, 3.8) is 0 Å². The Labute approximate surface area is 163 Å². The zero-order valence-corrected chi connectivity index (χ0v) is 16.4. The number of rotatable bonds is 6. The first-order valence-electron chi connectivity index (χ1n) is 9.52. The lowest BCUT2D eigenvalue weighted by molar-refractivity contribution is -0.112. The summed E-state index contributed by atoms with van der Waals surface area (Å²) in [7, 11) is 0. The van der Waals surface area contributed by atoms with Gasteiger partial charge in [0.1, 0.15) is 23.3 Å². The van der Waals surface area contributed by atoms with Crippen molar-refractivity contribution in [2.45, 2.75) is 25.8 Å². The second-order valence-electron chi connectivity index (χ2n) is 6.89. The fraction of sp³-hybridized carbons (Fsp3) is 0.381. The van der Waals surface area contributed by atoms with Crippen LogP contribution >= 0.6 is 11.3 Å². The molecule has 1 aromatic carbocycles. The van der Waals surface area contributed by atoms with Crippen molar-refractivity contribution in [1.82, 2.24) is 14.9 Å². The summed E-state index contributed by atoms with van der Waals surface area (Å²) >= 11 is 1.77. The summed E-state index contributed by atoms with van der Waals surface area (Å²) in [5.41, 5.74) is 1.06.